The molecular weight excluding hydrogens is 474 g/mol. The summed E-state index contributed by atoms with van der Waals surface area (Å²) in [6.45, 7) is 0.868. The third-order valence-electron chi connectivity index (χ3n) is 5.29. The van der Waals surface area contributed by atoms with Crippen LogP contribution in [0.3, 0.4) is 0 Å². The van der Waals surface area contributed by atoms with Crippen LogP contribution in [0.25, 0.3) is 0 Å². The van der Waals surface area contributed by atoms with E-state index in [0.717, 1.165) is 25.7 Å². The Morgan fingerprint density at radius 1 is 0.806 bits per heavy atom. The van der Waals surface area contributed by atoms with Gasteiger partial charge in [0.25, 0.3) is 11.8 Å². The molecule has 1 aliphatic heterocycles. The van der Waals surface area contributed by atoms with Crippen LogP contribution in [0.1, 0.15) is 70.6 Å². The molecular formula is C24H33N3O9. The zero-order chi connectivity index (χ0) is 26.2. The van der Waals surface area contributed by atoms with Crippen LogP contribution in [0.15, 0.2) is 0 Å². The van der Waals surface area contributed by atoms with E-state index in [4.69, 9.17) is 9.47 Å². The summed E-state index contributed by atoms with van der Waals surface area (Å²) >= 11 is 0. The molecule has 0 bridgehead atoms. The van der Waals surface area contributed by atoms with E-state index in [1.165, 1.54) is 0 Å². The average molecular weight is 508 g/mol. The normalized spacial score (nSPS) is 17.3. The predicted octanol–water partition coefficient (Wildman–Crippen LogP) is 0.282. The fourth-order valence-electron chi connectivity index (χ4n) is 3.38. The zero-order valence-electron chi connectivity index (χ0n) is 20.3. The second-order valence-electron chi connectivity index (χ2n) is 8.25. The lowest BCUT2D eigenvalue weighted by Gasteiger charge is -2.17. The monoisotopic (exact) mass is 507 g/mol. The number of ether oxygens (including phenoxy) is 2. The second kappa shape index (κ2) is 16.3. The SMILES string of the molecule is O=C(CCC(=O)OC1CCC#CCCC1)NCCOCCNC(=O)CCC(=O)ON1C(=O)CCC1=O. The lowest BCUT2D eigenvalue weighted by atomic mass is 10.0. The van der Waals surface area contributed by atoms with E-state index in [2.05, 4.69) is 27.3 Å². The molecule has 4 amide bonds. The van der Waals surface area contributed by atoms with Gasteiger partial charge in [-0.2, -0.15) is 0 Å². The van der Waals surface area contributed by atoms with Gasteiger partial charge in [-0.25, -0.2) is 4.79 Å². The van der Waals surface area contributed by atoms with Gasteiger partial charge in [0.05, 0.1) is 26.1 Å². The summed E-state index contributed by atoms with van der Waals surface area (Å²) in [7, 11) is 0. The largest absolute Gasteiger partial charge is 0.462 e. The van der Waals surface area contributed by atoms with E-state index in [0.29, 0.717) is 11.5 Å². The summed E-state index contributed by atoms with van der Waals surface area (Å²) < 4.78 is 10.7. The molecule has 1 fully saturated rings. The first-order valence-electron chi connectivity index (χ1n) is 12.2. The molecule has 1 unspecified atom stereocenters. The van der Waals surface area contributed by atoms with E-state index >= 15 is 0 Å². The Morgan fingerprint density at radius 2 is 1.39 bits per heavy atom. The van der Waals surface area contributed by atoms with Crippen molar-refractivity contribution in [3.05, 3.63) is 0 Å². The first-order valence-corrected chi connectivity index (χ1v) is 12.2. The number of nitrogens with zero attached hydrogens (tertiary/aromatic N) is 1. The minimum absolute atomic E-state index is 0.00192. The average Bonchev–Trinajstić information content (AvgIpc) is 3.14. The third kappa shape index (κ3) is 11.8. The molecule has 12 nitrogen and oxygen atoms in total. The summed E-state index contributed by atoms with van der Waals surface area (Å²) in [5, 5.41) is 5.64. The molecule has 1 heterocycles. The molecule has 2 N–H and O–H groups in total. The quantitative estimate of drug-likeness (QED) is 0.146. The highest BCUT2D eigenvalue weighted by molar-refractivity contribution is 6.01. The molecule has 2 aliphatic rings. The van der Waals surface area contributed by atoms with Crippen LogP contribution in [0.4, 0.5) is 0 Å². The molecule has 1 atom stereocenters. The van der Waals surface area contributed by atoms with E-state index in [-0.39, 0.29) is 82.8 Å². The van der Waals surface area contributed by atoms with Gasteiger partial charge in [0, 0.05) is 51.6 Å². The van der Waals surface area contributed by atoms with Gasteiger partial charge in [0.15, 0.2) is 0 Å². The van der Waals surface area contributed by atoms with Gasteiger partial charge in [-0.05, 0) is 19.3 Å². The summed E-state index contributed by atoms with van der Waals surface area (Å²) in [4.78, 5) is 74.7. The van der Waals surface area contributed by atoms with Crippen LogP contribution in [0, 0.1) is 11.8 Å². The number of hydrogen-bond donors (Lipinski definition) is 2. The maximum absolute atomic E-state index is 12.0. The van der Waals surface area contributed by atoms with E-state index in [9.17, 15) is 28.8 Å². The lowest BCUT2D eigenvalue weighted by molar-refractivity contribution is -0.197. The van der Waals surface area contributed by atoms with Crippen molar-refractivity contribution in [3.8, 4) is 11.8 Å². The van der Waals surface area contributed by atoms with Crippen LogP contribution < -0.4 is 10.6 Å². The fraction of sp³-hybridized carbons (Fsp3) is 0.667. The summed E-state index contributed by atoms with van der Waals surface area (Å²) in [5.74, 6) is 3.01. The van der Waals surface area contributed by atoms with Gasteiger partial charge in [0.1, 0.15) is 6.10 Å². The standard InChI is InChI=1S/C24H33N3O9/c28-19(8-12-23(32)35-18-6-4-2-1-3-5-7-18)25-14-16-34-17-15-26-20(29)9-13-24(33)36-27-21(30)10-11-22(27)31/h18H,2,4-17H2,(H,25,28)(H,26,29). The Labute approximate surface area is 209 Å². The number of rotatable bonds is 14. The van der Waals surface area contributed by atoms with E-state index in [1.54, 1.807) is 0 Å². The number of carbonyl (C=O) groups excluding carboxylic acids is 6. The van der Waals surface area contributed by atoms with Crippen molar-refractivity contribution in [1.29, 1.82) is 0 Å². The summed E-state index contributed by atoms with van der Waals surface area (Å²) in [5.41, 5.74) is 0. The molecule has 198 valence electrons. The van der Waals surface area contributed by atoms with Crippen molar-refractivity contribution >= 4 is 35.6 Å². The summed E-state index contributed by atoms with van der Waals surface area (Å²) in [6, 6.07) is 0. The maximum Gasteiger partial charge on any atom is 0.333 e. The Morgan fingerprint density at radius 3 is 2.03 bits per heavy atom. The number of hydrogen-bond acceptors (Lipinski definition) is 9. The second-order valence-corrected chi connectivity index (χ2v) is 8.25. The van der Waals surface area contributed by atoms with Gasteiger partial charge in [-0.3, -0.25) is 24.0 Å². The predicted molar refractivity (Wildman–Crippen MR) is 123 cm³/mol. The van der Waals surface area contributed by atoms with Crippen molar-refractivity contribution in [2.75, 3.05) is 26.3 Å². The molecule has 0 aromatic rings. The van der Waals surface area contributed by atoms with Crippen molar-refractivity contribution in [2.24, 2.45) is 0 Å². The van der Waals surface area contributed by atoms with Gasteiger partial charge >= 0.3 is 11.9 Å². The van der Waals surface area contributed by atoms with Crippen molar-refractivity contribution in [1.82, 2.24) is 15.7 Å². The molecule has 0 radical (unpaired) electrons. The molecule has 0 saturated carbocycles. The van der Waals surface area contributed by atoms with Crippen molar-refractivity contribution in [3.63, 3.8) is 0 Å². The molecule has 36 heavy (non-hydrogen) atoms. The summed E-state index contributed by atoms with van der Waals surface area (Å²) in [6.07, 6.45) is 3.40. The molecule has 0 aromatic carbocycles. The fourth-order valence-corrected chi connectivity index (χ4v) is 3.38. The smallest absolute Gasteiger partial charge is 0.333 e. The number of esters is 1. The van der Waals surface area contributed by atoms with Crippen LogP contribution in [0.2, 0.25) is 0 Å². The van der Waals surface area contributed by atoms with Crippen molar-refractivity contribution in [2.45, 2.75) is 76.7 Å². The zero-order valence-corrected chi connectivity index (χ0v) is 20.3. The molecule has 1 aliphatic carbocycles. The minimum Gasteiger partial charge on any atom is -0.462 e. The molecule has 0 spiro atoms. The van der Waals surface area contributed by atoms with E-state index in [1.807, 2.05) is 0 Å². The number of amides is 4. The number of hydroxylamine groups is 2. The molecule has 2 rings (SSSR count). The minimum atomic E-state index is -0.844. The highest BCUT2D eigenvalue weighted by atomic mass is 16.7. The highest BCUT2D eigenvalue weighted by Gasteiger charge is 2.32. The first kappa shape index (κ1) is 28.8. The van der Waals surface area contributed by atoms with Crippen LogP contribution >= 0.6 is 0 Å². The van der Waals surface area contributed by atoms with Crippen LogP contribution in [0.5, 0.6) is 0 Å². The molecule has 12 heteroatoms. The van der Waals surface area contributed by atoms with Gasteiger partial charge in [-0.1, -0.05) is 0 Å². The topological polar surface area (TPSA) is 157 Å². The lowest BCUT2D eigenvalue weighted by Crippen LogP contribution is -2.33. The number of carbonyl (C=O) groups is 6. The first-order chi connectivity index (χ1) is 17.3. The number of imide groups is 1. The Hall–Kier alpha value is -3.46. The molecule has 0 aromatic heterocycles. The number of nitrogens with one attached hydrogen (secondary N) is 2. The third-order valence-corrected chi connectivity index (χ3v) is 5.29. The van der Waals surface area contributed by atoms with Gasteiger partial charge in [-0.15, -0.1) is 16.9 Å². The molecule has 1 saturated heterocycles. The Kier molecular flexibility index (Phi) is 13.0. The van der Waals surface area contributed by atoms with Gasteiger partial charge < -0.3 is 24.9 Å². The Balaban J connectivity index is 1.42. The van der Waals surface area contributed by atoms with Crippen molar-refractivity contribution < 1.29 is 43.1 Å². The van der Waals surface area contributed by atoms with E-state index < -0.39 is 23.7 Å². The maximum atomic E-state index is 12.0. The van der Waals surface area contributed by atoms with Crippen LogP contribution in [-0.2, 0) is 43.1 Å². The van der Waals surface area contributed by atoms with Crippen LogP contribution in [-0.4, -0.2) is 73.0 Å². The highest BCUT2D eigenvalue weighted by Crippen LogP contribution is 2.14. The van der Waals surface area contributed by atoms with Gasteiger partial charge in [0.2, 0.25) is 11.8 Å². The Bertz CT molecular complexity index is 862.